The van der Waals surface area contributed by atoms with E-state index in [-0.39, 0.29) is 23.3 Å². The van der Waals surface area contributed by atoms with Crippen molar-refractivity contribution in [1.82, 2.24) is 4.98 Å². The Balaban J connectivity index is 1.18. The number of dihydropyridines is 1. The molecule has 52 heavy (non-hydrogen) atoms. The van der Waals surface area contributed by atoms with E-state index in [1.54, 1.807) is 0 Å². The molecule has 0 amide bonds. The second-order valence-corrected chi connectivity index (χ2v) is 14.6. The molecule has 0 radical (unpaired) electrons. The van der Waals surface area contributed by atoms with E-state index in [1.165, 1.54) is 61.7 Å². The van der Waals surface area contributed by atoms with Crippen LogP contribution in [-0.2, 0) is 11.8 Å². The smallest absolute Gasteiger partial charge is 0.0780 e. The fourth-order valence-corrected chi connectivity index (χ4v) is 8.77. The van der Waals surface area contributed by atoms with Gasteiger partial charge in [0.15, 0.2) is 0 Å². The van der Waals surface area contributed by atoms with Gasteiger partial charge in [0.25, 0.3) is 0 Å². The van der Waals surface area contributed by atoms with Crippen LogP contribution in [0.1, 0.15) is 64.4 Å². The number of pyridine rings is 1. The van der Waals surface area contributed by atoms with Crippen LogP contribution in [0.15, 0.2) is 169 Å². The number of aryl methyl sites for hydroxylation is 1. The number of aromatic nitrogens is 1. The van der Waals surface area contributed by atoms with E-state index in [0.29, 0.717) is 0 Å². The maximum atomic E-state index is 4.92. The van der Waals surface area contributed by atoms with E-state index in [4.69, 9.17) is 9.98 Å². The summed E-state index contributed by atoms with van der Waals surface area (Å²) in [5, 5.41) is 2.51. The first-order valence-electron chi connectivity index (χ1n) is 18.6. The Kier molecular flexibility index (Phi) is 8.24. The number of hydrogen-bond acceptors (Lipinski definition) is 2. The third-order valence-electron chi connectivity index (χ3n) is 11.6. The Morgan fingerprint density at radius 3 is 2.60 bits per heavy atom. The van der Waals surface area contributed by atoms with Gasteiger partial charge in [0.2, 0.25) is 0 Å². The molecule has 1 aliphatic heterocycles. The molecule has 3 aliphatic carbocycles. The Labute approximate surface area is 307 Å². The van der Waals surface area contributed by atoms with Gasteiger partial charge in [-0.15, -0.1) is 6.58 Å². The molecule has 2 heterocycles. The first kappa shape index (κ1) is 32.1. The van der Waals surface area contributed by atoms with E-state index >= 15 is 0 Å². The number of fused-ring (bicyclic) bond motifs is 4. The van der Waals surface area contributed by atoms with Gasteiger partial charge in [-0.05, 0) is 86.2 Å². The molecule has 9 rings (SSSR count). The third kappa shape index (κ3) is 5.60. The lowest BCUT2D eigenvalue weighted by Gasteiger charge is -2.44. The number of nitrogens with zero attached hydrogens (tertiary/aromatic N) is 2. The van der Waals surface area contributed by atoms with Crippen molar-refractivity contribution < 1.29 is 0 Å². The van der Waals surface area contributed by atoms with Crippen molar-refractivity contribution in [3.05, 3.63) is 209 Å². The van der Waals surface area contributed by atoms with Crippen LogP contribution in [0.2, 0.25) is 0 Å². The summed E-state index contributed by atoms with van der Waals surface area (Å²) in [7, 11) is 0. The van der Waals surface area contributed by atoms with Gasteiger partial charge in [0, 0.05) is 35.2 Å². The number of aliphatic imine (C=N–C) groups is 1. The van der Waals surface area contributed by atoms with Crippen molar-refractivity contribution in [3.63, 3.8) is 0 Å². The molecular weight excluding hydrogens is 629 g/mol. The second kappa shape index (κ2) is 13.4. The predicted octanol–water partition coefficient (Wildman–Crippen LogP) is 11.8. The quantitative estimate of drug-likeness (QED) is 0.165. The Morgan fingerprint density at radius 2 is 1.71 bits per heavy atom. The molecule has 2 nitrogen and oxygen atoms in total. The maximum Gasteiger partial charge on any atom is 0.0780 e. The van der Waals surface area contributed by atoms with Crippen LogP contribution in [0.25, 0.3) is 34.1 Å². The molecule has 5 aromatic rings. The molecule has 0 fully saturated rings. The fraction of sp³-hybridized carbons (Fsp3) is 0.160. The summed E-state index contributed by atoms with van der Waals surface area (Å²) in [5.41, 5.74) is 13.2. The molecule has 4 aromatic carbocycles. The molecule has 1 aromatic heterocycles. The number of allylic oxidation sites excluding steroid dienone is 7. The lowest BCUT2D eigenvalue weighted by molar-refractivity contribution is 0.465. The van der Waals surface area contributed by atoms with Crippen molar-refractivity contribution in [1.29, 1.82) is 0 Å². The van der Waals surface area contributed by atoms with Gasteiger partial charge in [-0.1, -0.05) is 159 Å². The van der Waals surface area contributed by atoms with Crippen molar-refractivity contribution in [2.24, 2.45) is 16.8 Å². The normalized spacial score (nSPS) is 23.2. The lowest BCUT2D eigenvalue weighted by Crippen LogP contribution is -2.37. The number of benzene rings is 4. The molecular formula is C50H42N2. The van der Waals surface area contributed by atoms with Gasteiger partial charge in [0.05, 0.1) is 11.7 Å². The first-order chi connectivity index (χ1) is 25.6. The maximum absolute atomic E-state index is 4.92. The molecule has 0 saturated carbocycles. The molecule has 0 saturated heterocycles. The highest BCUT2D eigenvalue weighted by Crippen LogP contribution is 2.53. The largest absolute Gasteiger partial charge is 0.284 e. The van der Waals surface area contributed by atoms with Gasteiger partial charge in [-0.25, -0.2) is 0 Å². The number of hydrogen-bond donors (Lipinski definition) is 0. The zero-order valence-electron chi connectivity index (χ0n) is 29.6. The summed E-state index contributed by atoms with van der Waals surface area (Å²) < 4.78 is 0. The van der Waals surface area contributed by atoms with E-state index in [1.807, 2.05) is 12.4 Å². The minimum atomic E-state index is -0.352. The van der Waals surface area contributed by atoms with Crippen molar-refractivity contribution in [3.8, 4) is 0 Å². The molecule has 0 spiro atoms. The van der Waals surface area contributed by atoms with E-state index < -0.39 is 0 Å². The lowest BCUT2D eigenvalue weighted by atomic mass is 9.58. The van der Waals surface area contributed by atoms with Gasteiger partial charge >= 0.3 is 0 Å². The van der Waals surface area contributed by atoms with Crippen LogP contribution in [0, 0.1) is 11.8 Å². The van der Waals surface area contributed by atoms with Gasteiger partial charge in [-0.2, -0.15) is 0 Å². The van der Waals surface area contributed by atoms with Gasteiger partial charge in [0.1, 0.15) is 0 Å². The topological polar surface area (TPSA) is 25.2 Å². The minimum absolute atomic E-state index is 0.00917. The molecule has 252 valence electrons. The SMILES string of the molecule is C=CC1C(/C=C/c2ccc(C3=CC4C=CC=CC4N=C3)nc2)=C(c2ccc3c(c2)CCCC=C3)c2ccccc2C1(C)c1ccc2ccccc2c1. The summed E-state index contributed by atoms with van der Waals surface area (Å²) in [4.78, 5) is 9.71. The summed E-state index contributed by atoms with van der Waals surface area (Å²) in [5.74, 6) is 0.289. The Bertz CT molecular complexity index is 2430. The Morgan fingerprint density at radius 1 is 0.846 bits per heavy atom. The molecule has 0 N–H and O–H groups in total. The molecule has 2 heteroatoms. The van der Waals surface area contributed by atoms with Crippen molar-refractivity contribution in [2.45, 2.75) is 37.6 Å². The summed E-state index contributed by atoms with van der Waals surface area (Å²) in [6.07, 6.45) is 29.5. The summed E-state index contributed by atoms with van der Waals surface area (Å²) in [6.45, 7) is 6.94. The highest BCUT2D eigenvalue weighted by molar-refractivity contribution is 6.10. The average Bonchev–Trinajstić information content (AvgIpc) is 3.45. The van der Waals surface area contributed by atoms with Gasteiger partial charge < -0.3 is 0 Å². The Hall–Kier alpha value is -5.86. The van der Waals surface area contributed by atoms with Crippen molar-refractivity contribution >= 4 is 40.3 Å². The van der Waals surface area contributed by atoms with E-state index in [9.17, 15) is 0 Å². The zero-order chi connectivity index (χ0) is 35.1. The van der Waals surface area contributed by atoms with Crippen LogP contribution < -0.4 is 0 Å². The number of rotatable bonds is 6. The van der Waals surface area contributed by atoms with Crippen LogP contribution in [0.4, 0.5) is 0 Å². The highest BCUT2D eigenvalue weighted by atomic mass is 14.8. The second-order valence-electron chi connectivity index (χ2n) is 14.6. The summed E-state index contributed by atoms with van der Waals surface area (Å²) >= 11 is 0. The van der Waals surface area contributed by atoms with E-state index in [0.717, 1.165) is 29.7 Å². The zero-order valence-corrected chi connectivity index (χ0v) is 29.6. The fourth-order valence-electron chi connectivity index (χ4n) is 8.77. The average molecular weight is 671 g/mol. The van der Waals surface area contributed by atoms with Crippen LogP contribution in [0.3, 0.4) is 0 Å². The molecule has 4 atom stereocenters. The first-order valence-corrected chi connectivity index (χ1v) is 18.6. The predicted molar refractivity (Wildman–Crippen MR) is 220 cm³/mol. The van der Waals surface area contributed by atoms with Gasteiger partial charge in [-0.3, -0.25) is 9.98 Å². The molecule has 0 bridgehead atoms. The van der Waals surface area contributed by atoms with E-state index in [2.05, 4.69) is 171 Å². The van der Waals surface area contributed by atoms with Crippen molar-refractivity contribution in [2.75, 3.05) is 0 Å². The molecule has 4 unspecified atom stereocenters. The summed E-state index contributed by atoms with van der Waals surface area (Å²) in [6, 6.07) is 36.2. The van der Waals surface area contributed by atoms with Crippen LogP contribution >= 0.6 is 0 Å². The van der Waals surface area contributed by atoms with Crippen LogP contribution in [-0.4, -0.2) is 17.2 Å². The monoisotopic (exact) mass is 670 g/mol. The standard InChI is InChI=1S/C50H42N2/c1-3-45-44(27-21-34-22-28-48(51-32-34)41-30-39-17-9-12-20-47(39)52-33-41)49(40-24-23-35-13-5-4-6-15-37(35)29-40)43-18-10-11-19-46(43)50(45,2)42-26-25-36-14-7-8-16-38(36)31-42/h3,5,7-14,16-33,39,45,47H,1,4,6,15H2,2H3/b27-21+. The molecule has 4 aliphatic rings. The van der Waals surface area contributed by atoms with Crippen LogP contribution in [0.5, 0.6) is 0 Å². The minimum Gasteiger partial charge on any atom is -0.284 e. The highest BCUT2D eigenvalue weighted by Gasteiger charge is 2.44. The third-order valence-corrected chi connectivity index (χ3v) is 11.6.